The van der Waals surface area contributed by atoms with Crippen LogP contribution in [0.4, 0.5) is 0 Å². The molecule has 1 N–H and O–H groups in total. The van der Waals surface area contributed by atoms with Crippen LogP contribution in [0.1, 0.15) is 47.0 Å². The van der Waals surface area contributed by atoms with Crippen molar-refractivity contribution < 1.29 is 4.74 Å². The number of hydrogen-bond acceptors (Lipinski definition) is 3. The predicted octanol–water partition coefficient (Wildman–Crippen LogP) is 2.23. The highest BCUT2D eigenvalue weighted by molar-refractivity contribution is 5.12. The van der Waals surface area contributed by atoms with Gasteiger partial charge in [-0.3, -0.25) is 5.32 Å². The summed E-state index contributed by atoms with van der Waals surface area (Å²) in [7, 11) is 0. The summed E-state index contributed by atoms with van der Waals surface area (Å²) in [4.78, 5) is 0. The maximum Gasteiger partial charge on any atom is 0.111 e. The van der Waals surface area contributed by atoms with Crippen LogP contribution < -0.4 is 5.32 Å². The molecular formula is C12H22N2O. The molecule has 0 radical (unpaired) electrons. The zero-order chi connectivity index (χ0) is 11.5. The number of ether oxygens (including phenoxy) is 1. The lowest BCUT2D eigenvalue weighted by Gasteiger charge is -2.42. The molecule has 1 aliphatic rings. The summed E-state index contributed by atoms with van der Waals surface area (Å²) in [6.45, 7) is 9.03. The van der Waals surface area contributed by atoms with E-state index in [4.69, 9.17) is 4.74 Å². The molecule has 0 spiro atoms. The minimum atomic E-state index is -0.392. The Hall–Kier alpha value is -0.590. The van der Waals surface area contributed by atoms with E-state index in [9.17, 15) is 5.26 Å². The zero-order valence-corrected chi connectivity index (χ0v) is 10.3. The van der Waals surface area contributed by atoms with E-state index < -0.39 is 5.54 Å². The molecule has 1 fully saturated rings. The summed E-state index contributed by atoms with van der Waals surface area (Å²) in [5.74, 6) is 0. The van der Waals surface area contributed by atoms with Crippen LogP contribution in [-0.4, -0.2) is 23.8 Å². The summed E-state index contributed by atoms with van der Waals surface area (Å²) in [6, 6.07) is 2.83. The van der Waals surface area contributed by atoms with Gasteiger partial charge >= 0.3 is 0 Å². The van der Waals surface area contributed by atoms with E-state index in [2.05, 4.69) is 39.1 Å². The molecular weight excluding hydrogens is 188 g/mol. The van der Waals surface area contributed by atoms with Gasteiger partial charge in [-0.15, -0.1) is 0 Å². The quantitative estimate of drug-likeness (QED) is 0.777. The fourth-order valence-corrected chi connectivity index (χ4v) is 2.19. The molecule has 3 heteroatoms. The maximum atomic E-state index is 9.35. The fraction of sp³-hybridized carbons (Fsp3) is 0.917. The molecule has 1 heterocycles. The van der Waals surface area contributed by atoms with Crippen molar-refractivity contribution >= 4 is 0 Å². The second kappa shape index (κ2) is 4.51. The first-order valence-electron chi connectivity index (χ1n) is 5.76. The van der Waals surface area contributed by atoms with Gasteiger partial charge in [-0.05, 0) is 27.2 Å². The molecule has 1 aliphatic heterocycles. The molecule has 0 aliphatic carbocycles. The smallest absolute Gasteiger partial charge is 0.111 e. The molecule has 15 heavy (non-hydrogen) atoms. The van der Waals surface area contributed by atoms with Crippen molar-refractivity contribution in [1.82, 2.24) is 5.32 Å². The minimum Gasteiger partial charge on any atom is -0.375 e. The van der Waals surface area contributed by atoms with E-state index in [-0.39, 0.29) is 5.60 Å². The Labute approximate surface area is 92.8 Å². The molecule has 0 aromatic rings. The van der Waals surface area contributed by atoms with Gasteiger partial charge in [0.2, 0.25) is 0 Å². The molecule has 3 nitrogen and oxygen atoms in total. The Morgan fingerprint density at radius 2 is 2.20 bits per heavy atom. The minimum absolute atomic E-state index is 0.186. The van der Waals surface area contributed by atoms with E-state index in [0.717, 1.165) is 19.3 Å². The topological polar surface area (TPSA) is 45.0 Å². The average molecular weight is 210 g/mol. The number of nitrogens with zero attached hydrogens (tertiary/aromatic N) is 1. The molecule has 2 atom stereocenters. The highest BCUT2D eigenvalue weighted by Crippen LogP contribution is 2.32. The third-order valence-corrected chi connectivity index (χ3v) is 3.10. The predicted molar refractivity (Wildman–Crippen MR) is 60.5 cm³/mol. The lowest BCUT2D eigenvalue weighted by Crippen LogP contribution is -2.56. The highest BCUT2D eigenvalue weighted by atomic mass is 16.5. The van der Waals surface area contributed by atoms with Gasteiger partial charge in [-0.1, -0.05) is 6.92 Å². The maximum absolute atomic E-state index is 9.35. The van der Waals surface area contributed by atoms with Crippen molar-refractivity contribution in [1.29, 1.82) is 5.26 Å². The van der Waals surface area contributed by atoms with Crippen LogP contribution in [0.5, 0.6) is 0 Å². The highest BCUT2D eigenvalue weighted by Gasteiger charge is 2.41. The lowest BCUT2D eigenvalue weighted by atomic mass is 9.81. The largest absolute Gasteiger partial charge is 0.375 e. The van der Waals surface area contributed by atoms with Crippen LogP contribution in [0, 0.1) is 11.3 Å². The van der Waals surface area contributed by atoms with Crippen molar-refractivity contribution in [2.24, 2.45) is 0 Å². The van der Waals surface area contributed by atoms with Crippen LogP contribution in [0.15, 0.2) is 0 Å². The molecule has 1 rings (SSSR count). The molecule has 0 amide bonds. The Kier molecular flexibility index (Phi) is 3.75. The van der Waals surface area contributed by atoms with E-state index in [1.165, 1.54) is 0 Å². The van der Waals surface area contributed by atoms with Crippen molar-refractivity contribution in [3.8, 4) is 6.07 Å². The monoisotopic (exact) mass is 210 g/mol. The Morgan fingerprint density at radius 3 is 2.67 bits per heavy atom. The van der Waals surface area contributed by atoms with Crippen molar-refractivity contribution in [2.45, 2.75) is 64.1 Å². The molecule has 2 unspecified atom stereocenters. The zero-order valence-electron chi connectivity index (χ0n) is 10.3. The average Bonchev–Trinajstić information content (AvgIpc) is 2.16. The van der Waals surface area contributed by atoms with E-state index in [1.807, 2.05) is 0 Å². The molecule has 1 saturated heterocycles. The molecule has 86 valence electrons. The molecule has 0 aromatic heterocycles. The number of rotatable bonds is 3. The van der Waals surface area contributed by atoms with Crippen LogP contribution in [-0.2, 0) is 4.74 Å². The molecule has 0 bridgehead atoms. The van der Waals surface area contributed by atoms with E-state index in [1.54, 1.807) is 0 Å². The van der Waals surface area contributed by atoms with Gasteiger partial charge in [0.05, 0.1) is 18.3 Å². The van der Waals surface area contributed by atoms with Crippen LogP contribution in [0.2, 0.25) is 0 Å². The molecule has 0 aromatic carbocycles. The lowest BCUT2D eigenvalue weighted by molar-refractivity contribution is -0.0775. The van der Waals surface area contributed by atoms with Gasteiger partial charge in [-0.25, -0.2) is 0 Å². The second-order valence-electron chi connectivity index (χ2n) is 5.18. The number of nitriles is 1. The van der Waals surface area contributed by atoms with Crippen molar-refractivity contribution in [3.63, 3.8) is 0 Å². The first-order valence-corrected chi connectivity index (χ1v) is 5.76. The van der Waals surface area contributed by atoms with Crippen LogP contribution in [0.25, 0.3) is 0 Å². The molecule has 0 saturated carbocycles. The first kappa shape index (κ1) is 12.5. The van der Waals surface area contributed by atoms with E-state index >= 15 is 0 Å². The SMILES string of the molecule is CCC(C)NC1(C#N)CCOC(C)(C)C1. The van der Waals surface area contributed by atoms with Crippen molar-refractivity contribution in [3.05, 3.63) is 0 Å². The number of hydrogen-bond donors (Lipinski definition) is 1. The number of nitrogens with one attached hydrogen (secondary N) is 1. The standard InChI is InChI=1S/C12H22N2O/c1-5-10(2)14-12(9-13)6-7-15-11(3,4)8-12/h10,14H,5-8H2,1-4H3. The fourth-order valence-electron chi connectivity index (χ4n) is 2.19. The van der Waals surface area contributed by atoms with Gasteiger partial charge in [0.25, 0.3) is 0 Å². The first-order chi connectivity index (χ1) is 6.93. The van der Waals surface area contributed by atoms with Gasteiger partial charge in [0.15, 0.2) is 0 Å². The summed E-state index contributed by atoms with van der Waals surface area (Å²) in [5.41, 5.74) is -0.578. The third-order valence-electron chi connectivity index (χ3n) is 3.10. The Morgan fingerprint density at radius 1 is 1.53 bits per heavy atom. The van der Waals surface area contributed by atoms with Gasteiger partial charge in [0.1, 0.15) is 5.54 Å². The summed E-state index contributed by atoms with van der Waals surface area (Å²) < 4.78 is 5.65. The second-order valence-corrected chi connectivity index (χ2v) is 5.18. The van der Waals surface area contributed by atoms with E-state index in [0.29, 0.717) is 12.6 Å². The van der Waals surface area contributed by atoms with Gasteiger partial charge < -0.3 is 4.74 Å². The van der Waals surface area contributed by atoms with Crippen LogP contribution in [0.3, 0.4) is 0 Å². The van der Waals surface area contributed by atoms with Crippen molar-refractivity contribution in [2.75, 3.05) is 6.61 Å². The Balaban J connectivity index is 2.72. The Bertz CT molecular complexity index is 257. The third kappa shape index (κ3) is 3.19. The summed E-state index contributed by atoms with van der Waals surface area (Å²) >= 11 is 0. The summed E-state index contributed by atoms with van der Waals surface area (Å²) in [6.07, 6.45) is 2.60. The van der Waals surface area contributed by atoms with Crippen LogP contribution >= 0.6 is 0 Å². The van der Waals surface area contributed by atoms with Gasteiger partial charge in [-0.2, -0.15) is 5.26 Å². The summed E-state index contributed by atoms with van der Waals surface area (Å²) in [5, 5.41) is 12.8. The normalized spacial score (nSPS) is 31.9. The van der Waals surface area contributed by atoms with Gasteiger partial charge in [0, 0.05) is 18.9 Å².